The summed E-state index contributed by atoms with van der Waals surface area (Å²) in [5.74, 6) is 0.476. The Hall–Kier alpha value is -0.850. The molecular weight excluding hydrogens is 122 g/mol. The predicted molar refractivity (Wildman–Crippen MR) is 45.4 cm³/mol. The second kappa shape index (κ2) is 2.82. The van der Waals surface area contributed by atoms with Crippen LogP contribution in [0.5, 0.6) is 0 Å². The van der Waals surface area contributed by atoms with Crippen molar-refractivity contribution in [2.24, 2.45) is 10.9 Å². The molecule has 54 valence electrons. The van der Waals surface area contributed by atoms with E-state index in [0.29, 0.717) is 5.92 Å². The fraction of sp³-hybridized carbons (Fsp3) is 0.444. The molecule has 1 aliphatic rings. The van der Waals surface area contributed by atoms with E-state index in [2.05, 4.69) is 23.7 Å². The van der Waals surface area contributed by atoms with Crippen LogP contribution in [0, 0.1) is 5.92 Å². The molecule has 0 spiro atoms. The average Bonchev–Trinajstić information content (AvgIpc) is 1.88. The molecule has 0 saturated carbocycles. The van der Waals surface area contributed by atoms with E-state index in [4.69, 9.17) is 0 Å². The molecule has 1 heterocycles. The highest BCUT2D eigenvalue weighted by Crippen LogP contribution is 2.13. The molecule has 0 aromatic carbocycles. The first kappa shape index (κ1) is 7.26. The molecule has 0 N–H and O–H groups in total. The zero-order valence-electron chi connectivity index (χ0n) is 6.59. The van der Waals surface area contributed by atoms with Crippen molar-refractivity contribution in [1.29, 1.82) is 0 Å². The van der Waals surface area contributed by atoms with Gasteiger partial charge >= 0.3 is 0 Å². The fourth-order valence-electron chi connectivity index (χ4n) is 0.931. The maximum absolute atomic E-state index is 4.30. The van der Waals surface area contributed by atoms with Gasteiger partial charge in [0.15, 0.2) is 0 Å². The number of hydrogen-bond donors (Lipinski definition) is 0. The average molecular weight is 135 g/mol. The molecule has 0 bridgehead atoms. The fourth-order valence-corrected chi connectivity index (χ4v) is 0.931. The largest absolute Gasteiger partial charge is 0.289 e. The monoisotopic (exact) mass is 135 g/mol. The summed E-state index contributed by atoms with van der Waals surface area (Å²) >= 11 is 0. The van der Waals surface area contributed by atoms with Crippen LogP contribution in [0.3, 0.4) is 0 Å². The molecule has 0 radical (unpaired) electrons. The molecule has 1 rings (SSSR count). The van der Waals surface area contributed by atoms with Crippen LogP contribution in [-0.2, 0) is 0 Å². The molecule has 1 aliphatic heterocycles. The summed E-state index contributed by atoms with van der Waals surface area (Å²) in [5, 5.41) is 0. The quantitative estimate of drug-likeness (QED) is 0.489. The Bertz CT molecular complexity index is 199. The summed E-state index contributed by atoms with van der Waals surface area (Å²) in [6.07, 6.45) is 4.23. The maximum atomic E-state index is 4.30. The molecule has 0 amide bonds. The number of hydrogen-bond acceptors (Lipinski definition) is 1. The lowest BCUT2D eigenvalue weighted by Gasteiger charge is -2.13. The molecule has 0 saturated heterocycles. The Balaban J connectivity index is 2.60. The van der Waals surface area contributed by atoms with Gasteiger partial charge in [-0.05, 0) is 19.9 Å². The number of allylic oxidation sites excluding steroid dienone is 1. The summed E-state index contributed by atoms with van der Waals surface area (Å²) in [4.78, 5) is 4.30. The normalized spacial score (nSPS) is 24.2. The van der Waals surface area contributed by atoms with E-state index in [1.807, 2.05) is 13.8 Å². The SMILES string of the molecule is C=C(C)C1C=CC(C)=NC1. The highest BCUT2D eigenvalue weighted by Gasteiger charge is 2.06. The van der Waals surface area contributed by atoms with Gasteiger partial charge in [0.25, 0.3) is 0 Å². The first-order valence-corrected chi connectivity index (χ1v) is 3.55. The van der Waals surface area contributed by atoms with Gasteiger partial charge < -0.3 is 0 Å². The van der Waals surface area contributed by atoms with Crippen LogP contribution >= 0.6 is 0 Å². The summed E-state index contributed by atoms with van der Waals surface area (Å²) in [6, 6.07) is 0. The number of rotatable bonds is 1. The van der Waals surface area contributed by atoms with Crippen LogP contribution in [0.4, 0.5) is 0 Å². The van der Waals surface area contributed by atoms with Gasteiger partial charge in [-0.2, -0.15) is 0 Å². The van der Waals surface area contributed by atoms with Crippen molar-refractivity contribution in [1.82, 2.24) is 0 Å². The summed E-state index contributed by atoms with van der Waals surface area (Å²) in [5.41, 5.74) is 2.32. The minimum absolute atomic E-state index is 0.476. The standard InChI is InChI=1S/C9H13N/c1-7(2)9-5-4-8(3)10-6-9/h4-5,9H,1,6H2,2-3H3. The molecular formula is C9H13N. The van der Waals surface area contributed by atoms with Crippen LogP contribution in [0.15, 0.2) is 29.3 Å². The zero-order valence-corrected chi connectivity index (χ0v) is 6.59. The van der Waals surface area contributed by atoms with Crippen LogP contribution < -0.4 is 0 Å². The molecule has 1 atom stereocenters. The Morgan fingerprint density at radius 2 is 2.50 bits per heavy atom. The lowest BCUT2D eigenvalue weighted by molar-refractivity contribution is 0.765. The Morgan fingerprint density at radius 1 is 1.80 bits per heavy atom. The van der Waals surface area contributed by atoms with Crippen molar-refractivity contribution in [3.8, 4) is 0 Å². The van der Waals surface area contributed by atoms with Gasteiger partial charge in [-0.1, -0.05) is 18.2 Å². The first-order chi connectivity index (χ1) is 4.70. The van der Waals surface area contributed by atoms with Crippen LogP contribution in [0.25, 0.3) is 0 Å². The van der Waals surface area contributed by atoms with Gasteiger partial charge in [0.2, 0.25) is 0 Å². The third kappa shape index (κ3) is 1.56. The molecule has 0 aromatic heterocycles. The lowest BCUT2D eigenvalue weighted by atomic mass is 9.99. The van der Waals surface area contributed by atoms with Gasteiger partial charge in [0.05, 0.1) is 0 Å². The van der Waals surface area contributed by atoms with E-state index in [9.17, 15) is 0 Å². The van der Waals surface area contributed by atoms with Gasteiger partial charge in [-0.25, -0.2) is 0 Å². The van der Waals surface area contributed by atoms with Gasteiger partial charge in [0.1, 0.15) is 0 Å². The second-order valence-corrected chi connectivity index (χ2v) is 2.79. The number of dihydropyridines is 1. The molecule has 10 heavy (non-hydrogen) atoms. The maximum Gasteiger partial charge on any atom is 0.0492 e. The van der Waals surface area contributed by atoms with Crippen molar-refractivity contribution < 1.29 is 0 Å². The van der Waals surface area contributed by atoms with Crippen LogP contribution in [-0.4, -0.2) is 12.3 Å². The highest BCUT2D eigenvalue weighted by atomic mass is 14.7. The van der Waals surface area contributed by atoms with E-state index >= 15 is 0 Å². The van der Waals surface area contributed by atoms with Crippen LogP contribution in [0.2, 0.25) is 0 Å². The lowest BCUT2D eigenvalue weighted by Crippen LogP contribution is -2.08. The van der Waals surface area contributed by atoms with Gasteiger partial charge in [-0.15, -0.1) is 0 Å². The van der Waals surface area contributed by atoms with Crippen molar-refractivity contribution >= 4 is 5.71 Å². The minimum atomic E-state index is 0.476. The second-order valence-electron chi connectivity index (χ2n) is 2.79. The third-order valence-corrected chi connectivity index (χ3v) is 1.74. The van der Waals surface area contributed by atoms with E-state index in [-0.39, 0.29) is 0 Å². The van der Waals surface area contributed by atoms with E-state index in [0.717, 1.165) is 12.3 Å². The molecule has 1 unspecified atom stereocenters. The number of nitrogens with zero attached hydrogens (tertiary/aromatic N) is 1. The van der Waals surface area contributed by atoms with Crippen LogP contribution in [0.1, 0.15) is 13.8 Å². The molecule has 0 aromatic rings. The summed E-state index contributed by atoms with van der Waals surface area (Å²) in [7, 11) is 0. The summed E-state index contributed by atoms with van der Waals surface area (Å²) in [6.45, 7) is 8.84. The summed E-state index contributed by atoms with van der Waals surface area (Å²) < 4.78 is 0. The van der Waals surface area contributed by atoms with E-state index in [1.54, 1.807) is 0 Å². The van der Waals surface area contributed by atoms with Gasteiger partial charge in [0, 0.05) is 18.2 Å². The highest BCUT2D eigenvalue weighted by molar-refractivity contribution is 5.93. The Morgan fingerprint density at radius 3 is 2.90 bits per heavy atom. The molecule has 0 fully saturated rings. The van der Waals surface area contributed by atoms with E-state index in [1.165, 1.54) is 5.57 Å². The molecule has 0 aliphatic carbocycles. The third-order valence-electron chi connectivity index (χ3n) is 1.74. The predicted octanol–water partition coefficient (Wildman–Crippen LogP) is 2.21. The van der Waals surface area contributed by atoms with Crippen molar-refractivity contribution in [2.75, 3.05) is 6.54 Å². The Labute approximate surface area is 62.2 Å². The minimum Gasteiger partial charge on any atom is -0.289 e. The molecule has 1 heteroatoms. The van der Waals surface area contributed by atoms with Gasteiger partial charge in [-0.3, -0.25) is 4.99 Å². The van der Waals surface area contributed by atoms with E-state index < -0.39 is 0 Å². The van der Waals surface area contributed by atoms with Crippen molar-refractivity contribution in [3.63, 3.8) is 0 Å². The van der Waals surface area contributed by atoms with Crippen molar-refractivity contribution in [3.05, 3.63) is 24.3 Å². The zero-order chi connectivity index (χ0) is 7.56. The Kier molecular flexibility index (Phi) is 2.05. The molecule has 1 nitrogen and oxygen atoms in total. The number of aliphatic imine (C=N–C) groups is 1. The van der Waals surface area contributed by atoms with Crippen molar-refractivity contribution in [2.45, 2.75) is 13.8 Å². The first-order valence-electron chi connectivity index (χ1n) is 3.55. The smallest absolute Gasteiger partial charge is 0.0492 e. The topological polar surface area (TPSA) is 12.4 Å².